The summed E-state index contributed by atoms with van der Waals surface area (Å²) in [6.07, 6.45) is 6.50. The molecule has 2 rings (SSSR count). The molecule has 2 heterocycles. The van der Waals surface area contributed by atoms with Gasteiger partial charge in [-0.05, 0) is 25.1 Å². The first kappa shape index (κ1) is 7.85. The second-order valence-corrected chi connectivity index (χ2v) is 4.33. The Balaban J connectivity index is 2.36. The first-order valence-corrected chi connectivity index (χ1v) is 4.88. The maximum atomic E-state index is 5.34. The molecule has 0 atom stereocenters. The lowest BCUT2D eigenvalue weighted by atomic mass is 10.1. The van der Waals surface area contributed by atoms with Crippen LogP contribution in [0.2, 0.25) is 0 Å². The second kappa shape index (κ2) is 2.93. The van der Waals surface area contributed by atoms with E-state index in [0.717, 1.165) is 24.4 Å². The molecular weight excluding hydrogens is 166 g/mol. The van der Waals surface area contributed by atoms with Crippen molar-refractivity contribution in [3.8, 4) is 12.3 Å². The van der Waals surface area contributed by atoms with Crippen molar-refractivity contribution in [1.29, 1.82) is 0 Å². The first-order valence-electron chi connectivity index (χ1n) is 4.06. The minimum absolute atomic E-state index is 1.07. The molecule has 1 aliphatic heterocycles. The minimum atomic E-state index is 1.07. The van der Waals surface area contributed by atoms with Gasteiger partial charge < -0.3 is 4.90 Å². The zero-order chi connectivity index (χ0) is 8.55. The standard InChI is InChI=1S/C10H11NS/c1-3-9-6-8-4-5-11(2)7-10(8)12-9/h1,6H,4-5,7H2,2H3. The normalized spacial score (nSPS) is 17.0. The van der Waals surface area contributed by atoms with Crippen molar-refractivity contribution in [3.63, 3.8) is 0 Å². The summed E-state index contributed by atoms with van der Waals surface area (Å²) >= 11 is 1.76. The molecule has 0 radical (unpaired) electrons. The molecule has 0 bridgehead atoms. The molecule has 1 aromatic rings. The van der Waals surface area contributed by atoms with Crippen LogP contribution in [0.25, 0.3) is 0 Å². The highest BCUT2D eigenvalue weighted by molar-refractivity contribution is 7.12. The first-order chi connectivity index (χ1) is 5.79. The largest absolute Gasteiger partial charge is 0.301 e. The summed E-state index contributed by atoms with van der Waals surface area (Å²) in [5, 5.41) is 0. The molecule has 12 heavy (non-hydrogen) atoms. The van der Waals surface area contributed by atoms with Crippen LogP contribution in [0.15, 0.2) is 6.07 Å². The van der Waals surface area contributed by atoms with Gasteiger partial charge in [0.15, 0.2) is 0 Å². The summed E-state index contributed by atoms with van der Waals surface area (Å²) < 4.78 is 0. The number of likely N-dealkylation sites (N-methyl/N-ethyl adjacent to an activating group) is 1. The molecule has 1 aliphatic rings. The van der Waals surface area contributed by atoms with Gasteiger partial charge in [0, 0.05) is 18.0 Å². The lowest BCUT2D eigenvalue weighted by Crippen LogP contribution is -2.24. The van der Waals surface area contributed by atoms with Crippen molar-refractivity contribution < 1.29 is 0 Å². The molecule has 0 amide bonds. The van der Waals surface area contributed by atoms with Crippen molar-refractivity contribution in [2.24, 2.45) is 0 Å². The monoisotopic (exact) mass is 177 g/mol. The van der Waals surface area contributed by atoms with E-state index >= 15 is 0 Å². The number of hydrogen-bond acceptors (Lipinski definition) is 2. The van der Waals surface area contributed by atoms with Crippen LogP contribution in [0.1, 0.15) is 15.3 Å². The number of rotatable bonds is 0. The summed E-state index contributed by atoms with van der Waals surface area (Å²) in [5.74, 6) is 2.70. The topological polar surface area (TPSA) is 3.24 Å². The quantitative estimate of drug-likeness (QED) is 0.545. The summed E-state index contributed by atoms with van der Waals surface area (Å²) in [5.41, 5.74) is 1.46. The van der Waals surface area contributed by atoms with E-state index < -0.39 is 0 Å². The highest BCUT2D eigenvalue weighted by atomic mass is 32.1. The molecule has 0 spiro atoms. The summed E-state index contributed by atoms with van der Waals surface area (Å²) in [6, 6.07) is 2.16. The smallest absolute Gasteiger partial charge is 0.0772 e. The van der Waals surface area contributed by atoms with Crippen molar-refractivity contribution in [2.45, 2.75) is 13.0 Å². The Morgan fingerprint density at radius 3 is 3.25 bits per heavy atom. The van der Waals surface area contributed by atoms with E-state index in [1.807, 2.05) is 0 Å². The van der Waals surface area contributed by atoms with Gasteiger partial charge in [-0.25, -0.2) is 0 Å². The van der Waals surface area contributed by atoms with Crippen LogP contribution >= 0.6 is 11.3 Å². The third kappa shape index (κ3) is 1.26. The summed E-state index contributed by atoms with van der Waals surface area (Å²) in [6.45, 7) is 2.23. The van der Waals surface area contributed by atoms with Crippen LogP contribution in [-0.2, 0) is 13.0 Å². The Hall–Kier alpha value is -0.780. The number of fused-ring (bicyclic) bond motifs is 1. The van der Waals surface area contributed by atoms with Crippen molar-refractivity contribution >= 4 is 11.3 Å². The van der Waals surface area contributed by atoms with Crippen molar-refractivity contribution in [1.82, 2.24) is 4.90 Å². The Morgan fingerprint density at radius 2 is 2.50 bits per heavy atom. The Bertz CT molecular complexity index is 332. The van der Waals surface area contributed by atoms with Gasteiger partial charge in [-0.3, -0.25) is 0 Å². The van der Waals surface area contributed by atoms with Gasteiger partial charge in [0.2, 0.25) is 0 Å². The van der Waals surface area contributed by atoms with Gasteiger partial charge in [0.1, 0.15) is 0 Å². The van der Waals surface area contributed by atoms with E-state index in [1.165, 1.54) is 10.4 Å². The number of terminal acetylenes is 1. The predicted octanol–water partition coefficient (Wildman–Crippen LogP) is 1.72. The Morgan fingerprint density at radius 1 is 1.67 bits per heavy atom. The van der Waals surface area contributed by atoms with E-state index in [0.29, 0.717) is 0 Å². The maximum Gasteiger partial charge on any atom is 0.0772 e. The lowest BCUT2D eigenvalue weighted by molar-refractivity contribution is 0.317. The fourth-order valence-electron chi connectivity index (χ4n) is 1.52. The van der Waals surface area contributed by atoms with Gasteiger partial charge in [-0.15, -0.1) is 17.8 Å². The van der Waals surface area contributed by atoms with E-state index in [4.69, 9.17) is 6.42 Å². The van der Waals surface area contributed by atoms with Crippen LogP contribution in [0.3, 0.4) is 0 Å². The average Bonchev–Trinajstić information content (AvgIpc) is 2.46. The zero-order valence-electron chi connectivity index (χ0n) is 7.13. The van der Waals surface area contributed by atoms with E-state index in [9.17, 15) is 0 Å². The fraction of sp³-hybridized carbons (Fsp3) is 0.400. The van der Waals surface area contributed by atoms with Gasteiger partial charge in [-0.2, -0.15) is 0 Å². The van der Waals surface area contributed by atoms with Crippen LogP contribution in [0.4, 0.5) is 0 Å². The molecule has 1 aromatic heterocycles. The van der Waals surface area contributed by atoms with Crippen LogP contribution in [-0.4, -0.2) is 18.5 Å². The SMILES string of the molecule is C#Cc1cc2c(s1)CN(C)CC2. The van der Waals surface area contributed by atoms with Crippen molar-refractivity contribution in [2.75, 3.05) is 13.6 Å². The molecule has 0 saturated heterocycles. The van der Waals surface area contributed by atoms with Crippen LogP contribution in [0, 0.1) is 12.3 Å². The number of thiophene rings is 1. The maximum absolute atomic E-state index is 5.34. The van der Waals surface area contributed by atoms with Gasteiger partial charge in [0.25, 0.3) is 0 Å². The molecule has 0 fully saturated rings. The second-order valence-electron chi connectivity index (χ2n) is 3.19. The molecule has 2 heteroatoms. The molecule has 0 saturated carbocycles. The molecule has 0 unspecified atom stereocenters. The van der Waals surface area contributed by atoms with Crippen LogP contribution in [0.5, 0.6) is 0 Å². The van der Waals surface area contributed by atoms with Crippen molar-refractivity contribution in [3.05, 3.63) is 21.4 Å². The fourth-order valence-corrected chi connectivity index (χ4v) is 2.62. The average molecular weight is 177 g/mol. The molecular formula is C10H11NS. The van der Waals surface area contributed by atoms with Gasteiger partial charge in [-0.1, -0.05) is 5.92 Å². The molecule has 1 nitrogen and oxygen atoms in total. The molecule has 62 valence electrons. The number of hydrogen-bond donors (Lipinski definition) is 0. The minimum Gasteiger partial charge on any atom is -0.301 e. The summed E-state index contributed by atoms with van der Waals surface area (Å²) in [7, 11) is 2.15. The Kier molecular flexibility index (Phi) is 1.92. The third-order valence-electron chi connectivity index (χ3n) is 2.22. The van der Waals surface area contributed by atoms with Gasteiger partial charge in [0.05, 0.1) is 4.88 Å². The van der Waals surface area contributed by atoms with Gasteiger partial charge >= 0.3 is 0 Å². The van der Waals surface area contributed by atoms with Crippen LogP contribution < -0.4 is 0 Å². The van der Waals surface area contributed by atoms with E-state index in [1.54, 1.807) is 11.3 Å². The predicted molar refractivity (Wildman–Crippen MR) is 52.3 cm³/mol. The molecule has 0 aromatic carbocycles. The van der Waals surface area contributed by atoms with E-state index in [2.05, 4.69) is 23.9 Å². The molecule has 0 N–H and O–H groups in total. The summed E-state index contributed by atoms with van der Waals surface area (Å²) in [4.78, 5) is 4.87. The number of nitrogens with zero attached hydrogens (tertiary/aromatic N) is 1. The Labute approximate surface area is 77.0 Å². The third-order valence-corrected chi connectivity index (χ3v) is 3.31. The highest BCUT2D eigenvalue weighted by Crippen LogP contribution is 2.26. The zero-order valence-corrected chi connectivity index (χ0v) is 7.95. The van der Waals surface area contributed by atoms with E-state index in [-0.39, 0.29) is 0 Å². The molecule has 0 aliphatic carbocycles. The lowest BCUT2D eigenvalue weighted by Gasteiger charge is -2.21. The highest BCUT2D eigenvalue weighted by Gasteiger charge is 2.15.